The monoisotopic (exact) mass is 427 g/mol. The fraction of sp³-hybridized carbons (Fsp3) is 0.190. The van der Waals surface area contributed by atoms with Crippen molar-refractivity contribution in [1.82, 2.24) is 5.43 Å². The van der Waals surface area contributed by atoms with Crippen molar-refractivity contribution in [3.05, 3.63) is 74.3 Å². The minimum atomic E-state index is -0.369. The normalized spacial score (nSPS) is 14.5. The van der Waals surface area contributed by atoms with Gasteiger partial charge >= 0.3 is 0 Å². The van der Waals surface area contributed by atoms with Gasteiger partial charge in [0.15, 0.2) is 5.76 Å². The van der Waals surface area contributed by atoms with Gasteiger partial charge in [-0.15, -0.1) is 11.3 Å². The zero-order valence-electron chi connectivity index (χ0n) is 15.6. The van der Waals surface area contributed by atoms with Gasteiger partial charge in [0.1, 0.15) is 5.76 Å². The molecule has 2 amide bonds. The fourth-order valence-electron chi connectivity index (χ4n) is 3.32. The lowest BCUT2D eigenvalue weighted by atomic mass is 9.93. The molecule has 0 fully saturated rings. The first-order valence-electron chi connectivity index (χ1n) is 9.13. The van der Waals surface area contributed by atoms with E-state index in [2.05, 4.69) is 15.8 Å². The lowest BCUT2D eigenvalue weighted by Crippen LogP contribution is -2.21. The number of thiophene rings is 1. The van der Waals surface area contributed by atoms with Gasteiger partial charge < -0.3 is 9.73 Å². The molecule has 6 nitrogen and oxygen atoms in total. The topological polar surface area (TPSA) is 83.7 Å². The van der Waals surface area contributed by atoms with Crippen LogP contribution in [-0.4, -0.2) is 17.5 Å². The number of hydrogen-bond donors (Lipinski definition) is 2. The molecule has 1 aliphatic rings. The van der Waals surface area contributed by atoms with Crippen LogP contribution in [0, 0.1) is 6.92 Å². The summed E-state index contributed by atoms with van der Waals surface area (Å²) in [5.74, 6) is 0.320. The molecule has 0 bridgehead atoms. The van der Waals surface area contributed by atoms with Crippen LogP contribution < -0.4 is 10.7 Å². The van der Waals surface area contributed by atoms with Crippen LogP contribution in [-0.2, 0) is 6.42 Å². The Balaban J connectivity index is 1.59. The van der Waals surface area contributed by atoms with Crippen LogP contribution in [0.25, 0.3) is 0 Å². The van der Waals surface area contributed by atoms with E-state index in [1.54, 1.807) is 30.3 Å². The second kappa shape index (κ2) is 8.23. The lowest BCUT2D eigenvalue weighted by Gasteiger charge is -2.13. The van der Waals surface area contributed by atoms with E-state index in [1.807, 2.05) is 18.4 Å². The molecule has 29 heavy (non-hydrogen) atoms. The van der Waals surface area contributed by atoms with Crippen LogP contribution in [0.1, 0.15) is 50.0 Å². The SMILES string of the molecule is Cc1c(C(=O)Nc2ccccc2Cl)oc2c1/C(=N/NC(=O)c1cccs1)CCC2. The third-order valence-corrected chi connectivity index (χ3v) is 5.89. The molecule has 0 saturated heterocycles. The minimum absolute atomic E-state index is 0.231. The van der Waals surface area contributed by atoms with Crippen molar-refractivity contribution < 1.29 is 14.0 Å². The fourth-order valence-corrected chi connectivity index (χ4v) is 4.12. The maximum atomic E-state index is 12.8. The summed E-state index contributed by atoms with van der Waals surface area (Å²) >= 11 is 7.48. The molecule has 0 atom stereocenters. The molecule has 1 aliphatic carbocycles. The number of amides is 2. The van der Waals surface area contributed by atoms with Gasteiger partial charge in [-0.3, -0.25) is 9.59 Å². The summed E-state index contributed by atoms with van der Waals surface area (Å²) in [6.07, 6.45) is 2.25. The van der Waals surface area contributed by atoms with Crippen molar-refractivity contribution in [2.24, 2.45) is 5.10 Å². The summed E-state index contributed by atoms with van der Waals surface area (Å²) in [7, 11) is 0. The Morgan fingerprint density at radius 3 is 2.72 bits per heavy atom. The molecule has 0 unspecified atom stereocenters. The summed E-state index contributed by atoms with van der Waals surface area (Å²) in [6, 6.07) is 10.6. The molecule has 0 radical (unpaired) electrons. The van der Waals surface area contributed by atoms with Gasteiger partial charge in [0.2, 0.25) is 0 Å². The number of hydrogen-bond acceptors (Lipinski definition) is 5. The first kappa shape index (κ1) is 19.4. The number of halogens is 1. The van der Waals surface area contributed by atoms with E-state index in [0.717, 1.165) is 12.0 Å². The molecular weight excluding hydrogens is 410 g/mol. The molecule has 2 aromatic heterocycles. The minimum Gasteiger partial charge on any atom is -0.455 e. The van der Waals surface area contributed by atoms with E-state index < -0.39 is 0 Å². The van der Waals surface area contributed by atoms with Gasteiger partial charge in [-0.1, -0.05) is 29.8 Å². The van der Waals surface area contributed by atoms with Crippen LogP contribution in [0.5, 0.6) is 0 Å². The van der Waals surface area contributed by atoms with Crippen molar-refractivity contribution in [1.29, 1.82) is 0 Å². The molecule has 2 heterocycles. The number of carbonyl (C=O) groups excluding carboxylic acids is 2. The lowest BCUT2D eigenvalue weighted by molar-refractivity contribution is 0.0957. The first-order chi connectivity index (χ1) is 14.0. The number of rotatable bonds is 4. The van der Waals surface area contributed by atoms with Crippen LogP contribution in [0.4, 0.5) is 5.69 Å². The van der Waals surface area contributed by atoms with E-state index in [9.17, 15) is 9.59 Å². The van der Waals surface area contributed by atoms with Crippen molar-refractivity contribution in [2.45, 2.75) is 26.2 Å². The van der Waals surface area contributed by atoms with Gasteiger partial charge in [0.05, 0.1) is 21.3 Å². The average Bonchev–Trinajstić information content (AvgIpc) is 3.37. The number of furan rings is 1. The molecule has 0 aliphatic heterocycles. The van der Waals surface area contributed by atoms with E-state index in [0.29, 0.717) is 45.5 Å². The van der Waals surface area contributed by atoms with Crippen molar-refractivity contribution in [3.8, 4) is 0 Å². The molecule has 4 rings (SSSR count). The number of benzene rings is 1. The number of carbonyl (C=O) groups is 2. The number of fused-ring (bicyclic) bond motifs is 1. The highest BCUT2D eigenvalue weighted by Gasteiger charge is 2.28. The number of hydrazone groups is 1. The molecule has 1 aromatic carbocycles. The average molecular weight is 428 g/mol. The Labute approximate surface area is 176 Å². The summed E-state index contributed by atoms with van der Waals surface area (Å²) in [5, 5.41) is 9.40. The van der Waals surface area contributed by atoms with Gasteiger partial charge in [-0.2, -0.15) is 5.10 Å². The number of anilines is 1. The highest BCUT2D eigenvalue weighted by atomic mass is 35.5. The van der Waals surface area contributed by atoms with Crippen LogP contribution in [0.15, 0.2) is 51.3 Å². The molecule has 0 saturated carbocycles. The van der Waals surface area contributed by atoms with E-state index in [-0.39, 0.29) is 17.6 Å². The van der Waals surface area contributed by atoms with Gasteiger partial charge in [-0.05, 0) is 43.3 Å². The number of nitrogens with one attached hydrogen (secondary N) is 2. The summed E-state index contributed by atoms with van der Waals surface area (Å²) in [6.45, 7) is 1.83. The van der Waals surface area contributed by atoms with Crippen LogP contribution in [0.3, 0.4) is 0 Å². The maximum Gasteiger partial charge on any atom is 0.291 e. The van der Waals surface area contributed by atoms with Crippen molar-refractivity contribution in [2.75, 3.05) is 5.32 Å². The van der Waals surface area contributed by atoms with Gasteiger partial charge in [-0.25, -0.2) is 5.43 Å². The molecule has 3 aromatic rings. The standard InChI is InChI=1S/C21H18ClN3O3S/c1-12-18-15(24-25-20(26)17-10-5-11-29-17)8-4-9-16(18)28-19(12)21(27)23-14-7-3-2-6-13(14)22/h2-3,5-7,10-11H,4,8-9H2,1H3,(H,23,27)(H,25,26)/b24-15+. The molecule has 2 N–H and O–H groups in total. The first-order valence-corrected chi connectivity index (χ1v) is 10.4. The summed E-state index contributed by atoms with van der Waals surface area (Å²) in [4.78, 5) is 25.5. The van der Waals surface area contributed by atoms with Crippen molar-refractivity contribution >= 4 is 46.2 Å². The highest BCUT2D eigenvalue weighted by Crippen LogP contribution is 2.31. The summed E-state index contributed by atoms with van der Waals surface area (Å²) < 4.78 is 5.87. The smallest absolute Gasteiger partial charge is 0.291 e. The zero-order chi connectivity index (χ0) is 20.4. The van der Waals surface area contributed by atoms with Crippen LogP contribution in [0.2, 0.25) is 5.02 Å². The van der Waals surface area contributed by atoms with E-state index in [4.69, 9.17) is 16.0 Å². The Bertz CT molecular complexity index is 1100. The molecule has 148 valence electrons. The third-order valence-electron chi connectivity index (χ3n) is 4.69. The van der Waals surface area contributed by atoms with Gasteiger partial charge in [0, 0.05) is 17.5 Å². The number of nitrogens with zero attached hydrogens (tertiary/aromatic N) is 1. The molecular formula is C21H18ClN3O3S. The molecule has 8 heteroatoms. The quantitative estimate of drug-likeness (QED) is 0.573. The predicted octanol–water partition coefficient (Wildman–Crippen LogP) is 5.03. The van der Waals surface area contributed by atoms with Crippen LogP contribution >= 0.6 is 22.9 Å². The van der Waals surface area contributed by atoms with E-state index in [1.165, 1.54) is 11.3 Å². The molecule has 0 spiro atoms. The zero-order valence-corrected chi connectivity index (χ0v) is 17.2. The maximum absolute atomic E-state index is 12.8. The Kier molecular flexibility index (Phi) is 5.51. The Morgan fingerprint density at radius 2 is 1.97 bits per heavy atom. The number of para-hydroxylation sites is 1. The third kappa shape index (κ3) is 3.97. The van der Waals surface area contributed by atoms with Gasteiger partial charge in [0.25, 0.3) is 11.8 Å². The Morgan fingerprint density at radius 1 is 1.14 bits per heavy atom. The predicted molar refractivity (Wildman–Crippen MR) is 114 cm³/mol. The largest absolute Gasteiger partial charge is 0.455 e. The highest BCUT2D eigenvalue weighted by molar-refractivity contribution is 7.12. The second-order valence-electron chi connectivity index (χ2n) is 6.62. The number of aryl methyl sites for hydroxylation is 1. The summed E-state index contributed by atoms with van der Waals surface area (Å²) in [5.41, 5.74) is 5.34. The Hall–Kier alpha value is -2.90. The second-order valence-corrected chi connectivity index (χ2v) is 7.97. The van der Waals surface area contributed by atoms with Crippen molar-refractivity contribution in [3.63, 3.8) is 0 Å². The van der Waals surface area contributed by atoms with E-state index >= 15 is 0 Å².